The molecule has 3 rings (SSSR count). The van der Waals surface area contributed by atoms with E-state index in [1.807, 2.05) is 30.3 Å². The third kappa shape index (κ3) is 6.67. The number of benzene rings is 2. The number of hydrogen-bond donors (Lipinski definition) is 1. The molecule has 1 aliphatic heterocycles. The monoisotopic (exact) mass is 386 g/mol. The Morgan fingerprint density at radius 1 is 0.815 bits per heavy atom. The van der Waals surface area contributed by atoms with Crippen LogP contribution in [0.15, 0.2) is 54.6 Å². The first-order valence-electron chi connectivity index (χ1n) is 9.97. The molecule has 2 aromatic rings. The molecule has 0 radical (unpaired) electrons. The largest absolute Gasteiger partial charge is 0.372 e. The lowest BCUT2D eigenvalue weighted by Gasteiger charge is -2.28. The van der Waals surface area contributed by atoms with Crippen LogP contribution in [-0.2, 0) is 22.9 Å². The van der Waals surface area contributed by atoms with Crippen LogP contribution in [0.5, 0.6) is 0 Å². The molecule has 1 saturated heterocycles. The summed E-state index contributed by atoms with van der Waals surface area (Å²) in [6, 6.07) is 18.5. The summed E-state index contributed by atoms with van der Waals surface area (Å²) in [5.41, 5.74) is 3.62. The van der Waals surface area contributed by atoms with Gasteiger partial charge in [-0.2, -0.15) is 0 Å². The molecule has 0 unspecified atom stereocenters. The van der Waals surface area contributed by atoms with Gasteiger partial charge in [0, 0.05) is 25.3 Å². The van der Waals surface area contributed by atoms with E-state index in [-0.39, 0.29) is 5.75 Å². The fraction of sp³-hybridized carbons (Fsp3) is 0.455. The molecule has 0 bridgehead atoms. The summed E-state index contributed by atoms with van der Waals surface area (Å²) in [5.74, 6) is 0.140. The molecule has 0 saturated carbocycles. The zero-order valence-corrected chi connectivity index (χ0v) is 16.8. The van der Waals surface area contributed by atoms with E-state index in [1.54, 1.807) is 0 Å². The number of hydrogen-bond acceptors (Lipinski definition) is 3. The molecule has 2 aromatic carbocycles. The van der Waals surface area contributed by atoms with Gasteiger partial charge in [0.1, 0.15) is 0 Å². The van der Waals surface area contributed by atoms with Crippen molar-refractivity contribution in [3.63, 3.8) is 0 Å². The van der Waals surface area contributed by atoms with Crippen LogP contribution in [0.1, 0.15) is 36.8 Å². The van der Waals surface area contributed by atoms with E-state index < -0.39 is 10.0 Å². The third-order valence-corrected chi connectivity index (χ3v) is 6.51. The standard InChI is InChI=1S/C22H30N2O2S/c25-27(26,19-15-20-8-3-1-4-9-20)23-16-7-10-21-11-13-22(14-12-21)24-17-5-2-6-18-24/h1,3-4,8-9,11-14,23H,2,5-7,10,15-19H2. The fourth-order valence-corrected chi connectivity index (χ4v) is 4.62. The van der Waals surface area contributed by atoms with Crippen LogP contribution in [-0.4, -0.2) is 33.8 Å². The van der Waals surface area contributed by atoms with Gasteiger partial charge in [-0.3, -0.25) is 0 Å². The van der Waals surface area contributed by atoms with Gasteiger partial charge in [-0.05, 0) is 61.8 Å². The van der Waals surface area contributed by atoms with Crippen molar-refractivity contribution in [1.29, 1.82) is 0 Å². The second-order valence-corrected chi connectivity index (χ2v) is 9.19. The first kappa shape index (κ1) is 19.9. The Morgan fingerprint density at radius 2 is 1.48 bits per heavy atom. The Morgan fingerprint density at radius 3 is 2.19 bits per heavy atom. The lowest BCUT2D eigenvalue weighted by atomic mass is 10.1. The number of anilines is 1. The second-order valence-electron chi connectivity index (χ2n) is 7.27. The zero-order chi connectivity index (χ0) is 19.0. The lowest BCUT2D eigenvalue weighted by molar-refractivity contribution is 0.577. The maximum atomic E-state index is 12.1. The van der Waals surface area contributed by atoms with Crippen molar-refractivity contribution in [2.45, 2.75) is 38.5 Å². The van der Waals surface area contributed by atoms with Crippen molar-refractivity contribution < 1.29 is 8.42 Å². The van der Waals surface area contributed by atoms with Gasteiger partial charge in [-0.15, -0.1) is 0 Å². The number of nitrogens with one attached hydrogen (secondary N) is 1. The minimum absolute atomic E-state index is 0.140. The highest BCUT2D eigenvalue weighted by Gasteiger charge is 2.11. The molecule has 4 nitrogen and oxygen atoms in total. The fourth-order valence-electron chi connectivity index (χ4n) is 3.51. The molecular weight excluding hydrogens is 356 g/mol. The van der Waals surface area contributed by atoms with E-state index in [2.05, 4.69) is 33.9 Å². The van der Waals surface area contributed by atoms with Crippen molar-refractivity contribution in [1.82, 2.24) is 4.72 Å². The summed E-state index contributed by atoms with van der Waals surface area (Å²) in [6.45, 7) is 2.80. The van der Waals surface area contributed by atoms with E-state index in [1.165, 1.54) is 30.5 Å². The van der Waals surface area contributed by atoms with Crippen molar-refractivity contribution in [3.05, 3.63) is 65.7 Å². The summed E-state index contributed by atoms with van der Waals surface area (Å²) < 4.78 is 27.0. The minimum atomic E-state index is -3.21. The van der Waals surface area contributed by atoms with E-state index in [9.17, 15) is 8.42 Å². The predicted molar refractivity (Wildman–Crippen MR) is 113 cm³/mol. The van der Waals surface area contributed by atoms with E-state index >= 15 is 0 Å². The van der Waals surface area contributed by atoms with Crippen LogP contribution < -0.4 is 9.62 Å². The molecule has 0 atom stereocenters. The van der Waals surface area contributed by atoms with Crippen LogP contribution in [0.2, 0.25) is 0 Å². The molecule has 1 aliphatic rings. The average molecular weight is 387 g/mol. The van der Waals surface area contributed by atoms with Gasteiger partial charge in [0.2, 0.25) is 10.0 Å². The Balaban J connectivity index is 1.37. The molecule has 1 N–H and O–H groups in total. The highest BCUT2D eigenvalue weighted by molar-refractivity contribution is 7.89. The molecule has 0 amide bonds. The normalized spacial score (nSPS) is 15.0. The van der Waals surface area contributed by atoms with E-state index in [4.69, 9.17) is 0 Å². The summed E-state index contributed by atoms with van der Waals surface area (Å²) in [7, 11) is -3.21. The van der Waals surface area contributed by atoms with Crippen molar-refractivity contribution >= 4 is 15.7 Å². The van der Waals surface area contributed by atoms with Crippen molar-refractivity contribution in [3.8, 4) is 0 Å². The number of aryl methyl sites for hydroxylation is 2. The van der Waals surface area contributed by atoms with E-state index in [0.29, 0.717) is 13.0 Å². The molecule has 0 aromatic heterocycles. The topological polar surface area (TPSA) is 49.4 Å². The second kappa shape index (κ2) is 9.90. The van der Waals surface area contributed by atoms with Gasteiger partial charge >= 0.3 is 0 Å². The Hall–Kier alpha value is -1.85. The highest BCUT2D eigenvalue weighted by Crippen LogP contribution is 2.20. The first-order chi connectivity index (χ1) is 13.1. The van der Waals surface area contributed by atoms with Crippen molar-refractivity contribution in [2.24, 2.45) is 0 Å². The summed E-state index contributed by atoms with van der Waals surface area (Å²) >= 11 is 0. The summed E-state index contributed by atoms with van der Waals surface area (Å²) in [5, 5.41) is 0. The van der Waals surface area contributed by atoms with Crippen LogP contribution in [0, 0.1) is 0 Å². The average Bonchev–Trinajstić information content (AvgIpc) is 2.72. The SMILES string of the molecule is O=S(=O)(CCc1ccccc1)NCCCc1ccc(N2CCCCC2)cc1. The quantitative estimate of drug-likeness (QED) is 0.668. The number of nitrogens with zero attached hydrogens (tertiary/aromatic N) is 1. The van der Waals surface area contributed by atoms with Gasteiger partial charge in [0.25, 0.3) is 0 Å². The smallest absolute Gasteiger partial charge is 0.211 e. The van der Waals surface area contributed by atoms with Crippen LogP contribution in [0.25, 0.3) is 0 Å². The molecule has 1 fully saturated rings. The maximum Gasteiger partial charge on any atom is 0.211 e. The summed E-state index contributed by atoms with van der Waals surface area (Å²) in [4.78, 5) is 2.45. The van der Waals surface area contributed by atoms with Crippen LogP contribution in [0.3, 0.4) is 0 Å². The first-order valence-corrected chi connectivity index (χ1v) is 11.6. The van der Waals surface area contributed by atoms with Crippen molar-refractivity contribution in [2.75, 3.05) is 30.3 Å². The van der Waals surface area contributed by atoms with Gasteiger partial charge in [0.15, 0.2) is 0 Å². The molecule has 0 spiro atoms. The maximum absolute atomic E-state index is 12.1. The third-order valence-electron chi connectivity index (χ3n) is 5.12. The van der Waals surface area contributed by atoms with Crippen LogP contribution in [0.4, 0.5) is 5.69 Å². The number of piperidine rings is 1. The molecular formula is C22H30N2O2S. The lowest BCUT2D eigenvalue weighted by Crippen LogP contribution is -2.29. The van der Waals surface area contributed by atoms with Gasteiger partial charge < -0.3 is 4.90 Å². The Labute approximate surface area is 163 Å². The van der Waals surface area contributed by atoms with Gasteiger partial charge in [-0.1, -0.05) is 42.5 Å². The van der Waals surface area contributed by atoms with Crippen LogP contribution >= 0.6 is 0 Å². The molecule has 27 heavy (non-hydrogen) atoms. The molecule has 1 heterocycles. The zero-order valence-electron chi connectivity index (χ0n) is 15.9. The summed E-state index contributed by atoms with van der Waals surface area (Å²) in [6.07, 6.45) is 6.16. The molecule has 146 valence electrons. The Kier molecular flexibility index (Phi) is 7.30. The predicted octanol–water partition coefficient (Wildman–Crippen LogP) is 3.77. The minimum Gasteiger partial charge on any atom is -0.372 e. The number of rotatable bonds is 9. The molecule has 0 aliphatic carbocycles. The Bertz CT molecular complexity index is 783. The molecule has 5 heteroatoms. The number of sulfonamides is 1. The van der Waals surface area contributed by atoms with Gasteiger partial charge in [-0.25, -0.2) is 13.1 Å². The van der Waals surface area contributed by atoms with E-state index in [0.717, 1.165) is 31.5 Å². The highest BCUT2D eigenvalue weighted by atomic mass is 32.2. The van der Waals surface area contributed by atoms with Gasteiger partial charge in [0.05, 0.1) is 5.75 Å².